The van der Waals surface area contributed by atoms with Crippen LogP contribution >= 0.6 is 34.8 Å². The Bertz CT molecular complexity index is 793. The van der Waals surface area contributed by atoms with Crippen LogP contribution in [0.3, 0.4) is 0 Å². The SMILES string of the molecule is Cc1ccccc1C(=O)NC(Nc1cccc([N+](=O)[O-])c1)C(Cl)(Cl)Cl. The number of carbonyl (C=O) groups is 1. The van der Waals surface area contributed by atoms with E-state index in [1.54, 1.807) is 37.3 Å². The van der Waals surface area contributed by atoms with Crippen molar-refractivity contribution in [3.05, 3.63) is 69.8 Å². The topological polar surface area (TPSA) is 84.3 Å². The van der Waals surface area contributed by atoms with Crippen LogP contribution in [0.25, 0.3) is 0 Å². The molecule has 0 saturated heterocycles. The number of halogens is 3. The number of nitrogens with one attached hydrogen (secondary N) is 2. The maximum absolute atomic E-state index is 12.5. The van der Waals surface area contributed by atoms with Crippen LogP contribution in [-0.4, -0.2) is 20.8 Å². The summed E-state index contributed by atoms with van der Waals surface area (Å²) < 4.78 is -1.89. The molecule has 0 spiro atoms. The van der Waals surface area contributed by atoms with Crippen molar-refractivity contribution >= 4 is 52.1 Å². The van der Waals surface area contributed by atoms with Gasteiger partial charge in [0, 0.05) is 23.4 Å². The third-order valence-corrected chi connectivity index (χ3v) is 4.02. The van der Waals surface area contributed by atoms with E-state index in [1.807, 2.05) is 0 Å². The Hall–Kier alpha value is -2.02. The smallest absolute Gasteiger partial charge is 0.271 e. The number of nitro groups is 1. The van der Waals surface area contributed by atoms with Crippen molar-refractivity contribution in [2.45, 2.75) is 16.9 Å². The molecule has 0 aliphatic carbocycles. The van der Waals surface area contributed by atoms with Gasteiger partial charge in [-0.25, -0.2) is 0 Å². The Balaban J connectivity index is 2.23. The highest BCUT2D eigenvalue weighted by atomic mass is 35.6. The summed E-state index contributed by atoms with van der Waals surface area (Å²) in [5.74, 6) is -0.438. The number of benzene rings is 2. The Morgan fingerprint density at radius 3 is 2.44 bits per heavy atom. The zero-order valence-corrected chi connectivity index (χ0v) is 15.3. The number of alkyl halides is 3. The molecule has 0 aliphatic rings. The average molecular weight is 403 g/mol. The lowest BCUT2D eigenvalue weighted by Gasteiger charge is -2.27. The number of carbonyl (C=O) groups excluding carboxylic acids is 1. The molecule has 1 amide bonds. The first kappa shape index (κ1) is 19.3. The van der Waals surface area contributed by atoms with Crippen molar-refractivity contribution in [3.8, 4) is 0 Å². The molecule has 2 rings (SSSR count). The van der Waals surface area contributed by atoms with E-state index in [-0.39, 0.29) is 5.69 Å². The maximum Gasteiger partial charge on any atom is 0.271 e. The number of hydrogen-bond acceptors (Lipinski definition) is 4. The van der Waals surface area contributed by atoms with Crippen molar-refractivity contribution in [3.63, 3.8) is 0 Å². The molecule has 0 saturated carbocycles. The molecule has 132 valence electrons. The maximum atomic E-state index is 12.5. The minimum Gasteiger partial charge on any atom is -0.362 e. The van der Waals surface area contributed by atoms with Crippen molar-refractivity contribution < 1.29 is 9.72 Å². The number of non-ortho nitro benzene ring substituents is 1. The summed E-state index contributed by atoms with van der Waals surface area (Å²) in [6.07, 6.45) is -1.10. The summed E-state index contributed by atoms with van der Waals surface area (Å²) in [5.41, 5.74) is 1.40. The molecular formula is C16H14Cl3N3O3. The van der Waals surface area contributed by atoms with Crippen LogP contribution < -0.4 is 10.6 Å². The average Bonchev–Trinajstić information content (AvgIpc) is 2.54. The summed E-state index contributed by atoms with van der Waals surface area (Å²) >= 11 is 17.8. The van der Waals surface area contributed by atoms with Crippen molar-refractivity contribution in [1.82, 2.24) is 5.32 Å². The molecule has 0 aromatic heterocycles. The lowest BCUT2D eigenvalue weighted by molar-refractivity contribution is -0.384. The van der Waals surface area contributed by atoms with E-state index in [2.05, 4.69) is 10.6 Å². The summed E-state index contributed by atoms with van der Waals surface area (Å²) in [4.78, 5) is 22.8. The van der Waals surface area contributed by atoms with Gasteiger partial charge in [0.15, 0.2) is 0 Å². The minimum atomic E-state index is -1.89. The summed E-state index contributed by atoms with van der Waals surface area (Å²) in [6.45, 7) is 1.78. The molecular weight excluding hydrogens is 389 g/mol. The van der Waals surface area contributed by atoms with Gasteiger partial charge in [-0.3, -0.25) is 14.9 Å². The van der Waals surface area contributed by atoms with Crippen LogP contribution in [0.15, 0.2) is 48.5 Å². The molecule has 0 aliphatic heterocycles. The van der Waals surface area contributed by atoms with Gasteiger partial charge in [0.2, 0.25) is 3.79 Å². The first-order valence-corrected chi connectivity index (χ1v) is 8.26. The second-order valence-corrected chi connectivity index (χ2v) is 7.58. The van der Waals surface area contributed by atoms with E-state index in [1.165, 1.54) is 18.2 Å². The summed E-state index contributed by atoms with van der Waals surface area (Å²) in [5, 5.41) is 16.3. The van der Waals surface area contributed by atoms with E-state index in [0.717, 1.165) is 5.56 Å². The molecule has 6 nitrogen and oxygen atoms in total. The van der Waals surface area contributed by atoms with Gasteiger partial charge in [0.25, 0.3) is 11.6 Å². The molecule has 25 heavy (non-hydrogen) atoms. The molecule has 1 atom stereocenters. The van der Waals surface area contributed by atoms with Crippen LogP contribution in [0.2, 0.25) is 0 Å². The van der Waals surface area contributed by atoms with Crippen molar-refractivity contribution in [1.29, 1.82) is 0 Å². The largest absolute Gasteiger partial charge is 0.362 e. The van der Waals surface area contributed by atoms with Gasteiger partial charge >= 0.3 is 0 Å². The highest BCUT2D eigenvalue weighted by Gasteiger charge is 2.34. The van der Waals surface area contributed by atoms with Gasteiger partial charge in [0.1, 0.15) is 6.17 Å². The van der Waals surface area contributed by atoms with Gasteiger partial charge in [-0.05, 0) is 24.6 Å². The number of amides is 1. The van der Waals surface area contributed by atoms with E-state index in [4.69, 9.17) is 34.8 Å². The number of rotatable bonds is 5. The minimum absolute atomic E-state index is 0.127. The second kappa shape index (κ2) is 7.91. The first-order valence-electron chi connectivity index (χ1n) is 7.12. The molecule has 0 heterocycles. The molecule has 9 heteroatoms. The number of nitro benzene ring substituents is 1. The summed E-state index contributed by atoms with van der Waals surface area (Å²) in [7, 11) is 0. The van der Waals surface area contributed by atoms with E-state index < -0.39 is 20.8 Å². The lowest BCUT2D eigenvalue weighted by atomic mass is 10.1. The monoisotopic (exact) mass is 401 g/mol. The summed E-state index contributed by atoms with van der Waals surface area (Å²) in [6, 6.07) is 12.6. The molecule has 1 unspecified atom stereocenters. The standard InChI is InChI=1S/C16H14Cl3N3O3/c1-10-5-2-3-8-13(10)14(23)21-15(16(17,18)19)20-11-6-4-7-12(9-11)22(24)25/h2-9,15,20H,1H3,(H,21,23). The van der Waals surface area contributed by atoms with Crippen LogP contribution in [0.1, 0.15) is 15.9 Å². The Morgan fingerprint density at radius 2 is 1.84 bits per heavy atom. The Morgan fingerprint density at radius 1 is 1.16 bits per heavy atom. The fourth-order valence-electron chi connectivity index (χ4n) is 2.11. The van der Waals surface area contributed by atoms with E-state index >= 15 is 0 Å². The highest BCUT2D eigenvalue weighted by molar-refractivity contribution is 6.68. The molecule has 0 fully saturated rings. The predicted molar refractivity (Wildman–Crippen MR) is 99.4 cm³/mol. The normalized spacial score (nSPS) is 12.3. The van der Waals surface area contributed by atoms with Crippen LogP contribution in [0.4, 0.5) is 11.4 Å². The van der Waals surface area contributed by atoms with E-state index in [0.29, 0.717) is 11.3 Å². The first-order chi connectivity index (χ1) is 11.7. The quantitative estimate of drug-likeness (QED) is 0.335. The number of nitrogens with zero attached hydrogens (tertiary/aromatic N) is 1. The number of anilines is 1. The predicted octanol–water partition coefficient (Wildman–Crippen LogP) is 4.44. The van der Waals surface area contributed by atoms with Crippen LogP contribution in [0.5, 0.6) is 0 Å². The zero-order valence-electron chi connectivity index (χ0n) is 13.0. The highest BCUT2D eigenvalue weighted by Crippen LogP contribution is 2.32. The molecule has 0 radical (unpaired) electrons. The van der Waals surface area contributed by atoms with E-state index in [9.17, 15) is 14.9 Å². The Labute approximate surface area is 159 Å². The molecule has 2 N–H and O–H groups in total. The Kier molecular flexibility index (Phi) is 6.11. The molecule has 2 aromatic rings. The van der Waals surface area contributed by atoms with Crippen molar-refractivity contribution in [2.24, 2.45) is 0 Å². The van der Waals surface area contributed by atoms with Gasteiger partial charge in [-0.15, -0.1) is 0 Å². The van der Waals surface area contributed by atoms with Crippen molar-refractivity contribution in [2.75, 3.05) is 5.32 Å². The fraction of sp³-hybridized carbons (Fsp3) is 0.188. The number of aryl methyl sites for hydroxylation is 1. The zero-order chi connectivity index (χ0) is 18.6. The lowest BCUT2D eigenvalue weighted by Crippen LogP contribution is -2.49. The van der Waals surface area contributed by atoms with Crippen LogP contribution in [-0.2, 0) is 0 Å². The fourth-order valence-corrected chi connectivity index (χ4v) is 2.44. The van der Waals surface area contributed by atoms with Gasteiger partial charge in [-0.2, -0.15) is 0 Å². The van der Waals surface area contributed by atoms with Gasteiger partial charge < -0.3 is 10.6 Å². The second-order valence-electron chi connectivity index (χ2n) is 5.21. The molecule has 0 bridgehead atoms. The van der Waals surface area contributed by atoms with Gasteiger partial charge in [-0.1, -0.05) is 59.1 Å². The third kappa shape index (κ3) is 5.22. The third-order valence-electron chi connectivity index (χ3n) is 3.36. The van der Waals surface area contributed by atoms with Crippen LogP contribution in [0, 0.1) is 17.0 Å². The molecule has 2 aromatic carbocycles. The van der Waals surface area contributed by atoms with Gasteiger partial charge in [0.05, 0.1) is 4.92 Å². The number of hydrogen-bond donors (Lipinski definition) is 2.